The van der Waals surface area contributed by atoms with Gasteiger partial charge in [0.25, 0.3) is 0 Å². The number of rotatable bonds is 4. The van der Waals surface area contributed by atoms with Crippen molar-refractivity contribution in [3.63, 3.8) is 0 Å². The van der Waals surface area contributed by atoms with Gasteiger partial charge in [-0.05, 0) is 6.26 Å². The molecule has 5 nitrogen and oxygen atoms in total. The van der Waals surface area contributed by atoms with Crippen LogP contribution in [0.1, 0.15) is 0 Å². The van der Waals surface area contributed by atoms with Crippen LogP contribution in [0.4, 0.5) is 0 Å². The molecule has 1 aliphatic heterocycles. The summed E-state index contributed by atoms with van der Waals surface area (Å²) in [7, 11) is 0. The number of nitrogens with zero attached hydrogens (tertiary/aromatic N) is 2. The van der Waals surface area contributed by atoms with Gasteiger partial charge in [-0.25, -0.2) is 0 Å². The van der Waals surface area contributed by atoms with E-state index in [0.717, 1.165) is 13.1 Å². The number of thioether (sulfide) groups is 1. The van der Waals surface area contributed by atoms with Gasteiger partial charge in [0.05, 0.1) is 12.3 Å². The number of nitrogens with two attached hydrogens (primary N) is 1. The van der Waals surface area contributed by atoms with Gasteiger partial charge in [-0.1, -0.05) is 0 Å². The summed E-state index contributed by atoms with van der Waals surface area (Å²) in [6.07, 6.45) is 1.92. The molecule has 0 aromatic carbocycles. The summed E-state index contributed by atoms with van der Waals surface area (Å²) < 4.78 is 0. The van der Waals surface area contributed by atoms with Crippen LogP contribution in [0, 0.1) is 0 Å². The molecule has 0 aromatic heterocycles. The Bertz CT molecular complexity index is 240. The third-order valence-electron chi connectivity index (χ3n) is 2.37. The van der Waals surface area contributed by atoms with Crippen LogP contribution in [-0.4, -0.2) is 66.3 Å². The Balaban J connectivity index is 2.29. The van der Waals surface area contributed by atoms with E-state index in [1.165, 1.54) is 11.8 Å². The van der Waals surface area contributed by atoms with Crippen molar-refractivity contribution >= 4 is 23.6 Å². The van der Waals surface area contributed by atoms with Gasteiger partial charge in [0.15, 0.2) is 0 Å². The topological polar surface area (TPSA) is 66.6 Å². The molecule has 0 saturated carbocycles. The predicted molar refractivity (Wildman–Crippen MR) is 60.6 cm³/mol. The van der Waals surface area contributed by atoms with Gasteiger partial charge >= 0.3 is 0 Å². The zero-order chi connectivity index (χ0) is 11.3. The summed E-state index contributed by atoms with van der Waals surface area (Å²) in [4.78, 5) is 26.0. The molecule has 6 heteroatoms. The van der Waals surface area contributed by atoms with Gasteiger partial charge in [-0.2, -0.15) is 11.8 Å². The van der Waals surface area contributed by atoms with Gasteiger partial charge in [-0.3, -0.25) is 14.5 Å². The molecule has 0 bridgehead atoms. The molecule has 0 unspecified atom stereocenters. The lowest BCUT2D eigenvalue weighted by atomic mass is 10.3. The average Bonchev–Trinajstić information content (AvgIpc) is 2.18. The van der Waals surface area contributed by atoms with Crippen LogP contribution in [0.5, 0.6) is 0 Å². The Kier molecular flexibility index (Phi) is 4.90. The van der Waals surface area contributed by atoms with Crippen LogP contribution in [0.3, 0.4) is 0 Å². The van der Waals surface area contributed by atoms with E-state index < -0.39 is 0 Å². The molecule has 15 heavy (non-hydrogen) atoms. The second kappa shape index (κ2) is 5.97. The normalized spacial score (nSPS) is 17.8. The lowest BCUT2D eigenvalue weighted by Gasteiger charge is -2.33. The van der Waals surface area contributed by atoms with Crippen LogP contribution in [0.15, 0.2) is 0 Å². The minimum absolute atomic E-state index is 0.182. The van der Waals surface area contributed by atoms with E-state index in [9.17, 15) is 9.59 Å². The fourth-order valence-electron chi connectivity index (χ4n) is 1.59. The largest absolute Gasteiger partial charge is 0.369 e. The maximum absolute atomic E-state index is 11.5. The molecular formula is C9H17N3O2S. The van der Waals surface area contributed by atoms with Crippen LogP contribution < -0.4 is 5.73 Å². The van der Waals surface area contributed by atoms with Gasteiger partial charge in [0.2, 0.25) is 11.8 Å². The standard InChI is InChI=1S/C9H17N3O2S/c1-15-7-9(14)12-4-2-11(3-5-12)6-8(10)13/h2-7H2,1H3,(H2,10,13). The first-order chi connectivity index (χ1) is 7.13. The summed E-state index contributed by atoms with van der Waals surface area (Å²) in [6, 6.07) is 0. The molecule has 86 valence electrons. The molecule has 2 N–H and O–H groups in total. The summed E-state index contributed by atoms with van der Waals surface area (Å²) in [5.41, 5.74) is 5.10. The number of piperazine rings is 1. The number of hydrogen-bond acceptors (Lipinski definition) is 4. The molecule has 1 aliphatic rings. The van der Waals surface area contributed by atoms with Crippen molar-refractivity contribution in [3.05, 3.63) is 0 Å². The molecule has 1 heterocycles. The molecule has 2 amide bonds. The first-order valence-corrected chi connectivity index (χ1v) is 6.30. The van der Waals surface area contributed by atoms with Crippen molar-refractivity contribution in [3.8, 4) is 0 Å². The van der Waals surface area contributed by atoms with Gasteiger partial charge in [0.1, 0.15) is 0 Å². The van der Waals surface area contributed by atoms with Crippen molar-refractivity contribution in [2.45, 2.75) is 0 Å². The second-order valence-electron chi connectivity index (χ2n) is 3.56. The van der Waals surface area contributed by atoms with E-state index in [4.69, 9.17) is 5.73 Å². The molecule has 0 spiro atoms. The van der Waals surface area contributed by atoms with Crippen LogP contribution in [0.2, 0.25) is 0 Å². The lowest BCUT2D eigenvalue weighted by molar-refractivity contribution is -0.130. The van der Waals surface area contributed by atoms with Crippen molar-refractivity contribution in [1.29, 1.82) is 0 Å². The maximum Gasteiger partial charge on any atom is 0.232 e. The number of amides is 2. The fourth-order valence-corrected chi connectivity index (χ4v) is 2.02. The van der Waals surface area contributed by atoms with Gasteiger partial charge in [-0.15, -0.1) is 0 Å². The fraction of sp³-hybridized carbons (Fsp3) is 0.778. The third-order valence-corrected chi connectivity index (χ3v) is 2.91. The van der Waals surface area contributed by atoms with E-state index in [0.29, 0.717) is 25.4 Å². The highest BCUT2D eigenvalue weighted by Gasteiger charge is 2.20. The highest BCUT2D eigenvalue weighted by atomic mass is 32.2. The van der Waals surface area contributed by atoms with Gasteiger partial charge in [0, 0.05) is 26.2 Å². The number of carbonyl (C=O) groups excluding carboxylic acids is 2. The Labute approximate surface area is 94.0 Å². The first kappa shape index (κ1) is 12.3. The summed E-state index contributed by atoms with van der Waals surface area (Å²) in [6.45, 7) is 3.18. The zero-order valence-electron chi connectivity index (χ0n) is 8.94. The number of hydrogen-bond donors (Lipinski definition) is 1. The molecule has 0 atom stereocenters. The van der Waals surface area contributed by atoms with E-state index >= 15 is 0 Å². The molecule has 1 rings (SSSR count). The lowest BCUT2D eigenvalue weighted by Crippen LogP contribution is -2.51. The zero-order valence-corrected chi connectivity index (χ0v) is 9.76. The van der Waals surface area contributed by atoms with Gasteiger partial charge < -0.3 is 10.6 Å². The van der Waals surface area contributed by atoms with E-state index in [-0.39, 0.29) is 11.8 Å². The molecule has 0 aliphatic carbocycles. The average molecular weight is 231 g/mol. The van der Waals surface area contributed by atoms with E-state index in [2.05, 4.69) is 0 Å². The maximum atomic E-state index is 11.5. The van der Waals surface area contributed by atoms with Crippen molar-refractivity contribution in [2.24, 2.45) is 5.73 Å². The van der Waals surface area contributed by atoms with Crippen molar-refractivity contribution < 1.29 is 9.59 Å². The molecule has 1 saturated heterocycles. The summed E-state index contributed by atoms with van der Waals surface area (Å²) in [5.74, 6) is 0.413. The Morgan fingerprint density at radius 1 is 1.27 bits per heavy atom. The third kappa shape index (κ3) is 4.09. The van der Waals surface area contributed by atoms with E-state index in [1.54, 1.807) is 0 Å². The molecular weight excluding hydrogens is 214 g/mol. The highest BCUT2D eigenvalue weighted by Crippen LogP contribution is 2.04. The molecule has 0 radical (unpaired) electrons. The highest BCUT2D eigenvalue weighted by molar-refractivity contribution is 7.99. The Morgan fingerprint density at radius 3 is 2.33 bits per heavy atom. The van der Waals surface area contributed by atoms with Crippen molar-refractivity contribution in [2.75, 3.05) is 44.7 Å². The smallest absolute Gasteiger partial charge is 0.232 e. The quantitative estimate of drug-likeness (QED) is 0.672. The van der Waals surface area contributed by atoms with E-state index in [1.807, 2.05) is 16.1 Å². The SMILES string of the molecule is CSCC(=O)N1CCN(CC(N)=O)CC1. The monoisotopic (exact) mass is 231 g/mol. The summed E-state index contributed by atoms with van der Waals surface area (Å²) >= 11 is 1.54. The second-order valence-corrected chi connectivity index (χ2v) is 4.42. The number of primary amides is 1. The Hall–Kier alpha value is -0.750. The minimum Gasteiger partial charge on any atom is -0.369 e. The minimum atomic E-state index is -0.307. The van der Waals surface area contributed by atoms with Crippen LogP contribution >= 0.6 is 11.8 Å². The van der Waals surface area contributed by atoms with Crippen LogP contribution in [0.25, 0.3) is 0 Å². The number of carbonyl (C=O) groups is 2. The predicted octanol–water partition coefficient (Wildman–Crippen LogP) is -1.02. The summed E-state index contributed by atoms with van der Waals surface area (Å²) in [5, 5.41) is 0. The first-order valence-electron chi connectivity index (χ1n) is 4.91. The Morgan fingerprint density at radius 2 is 1.87 bits per heavy atom. The molecule has 0 aromatic rings. The van der Waals surface area contributed by atoms with Crippen molar-refractivity contribution in [1.82, 2.24) is 9.80 Å². The molecule has 1 fully saturated rings. The van der Waals surface area contributed by atoms with Crippen LogP contribution in [-0.2, 0) is 9.59 Å².